The summed E-state index contributed by atoms with van der Waals surface area (Å²) in [6, 6.07) is 15.7. The van der Waals surface area contributed by atoms with Crippen LogP contribution in [-0.4, -0.2) is 26.8 Å². The Morgan fingerprint density at radius 2 is 1.75 bits per heavy atom. The van der Waals surface area contributed by atoms with E-state index < -0.39 is 16.0 Å². The summed E-state index contributed by atoms with van der Waals surface area (Å²) in [5.41, 5.74) is 0.955. The first kappa shape index (κ1) is 20.2. The van der Waals surface area contributed by atoms with E-state index in [0.29, 0.717) is 11.3 Å². The predicted molar refractivity (Wildman–Crippen MR) is 110 cm³/mol. The number of anilines is 1. The van der Waals surface area contributed by atoms with Crippen LogP contribution in [0.2, 0.25) is 0 Å². The molecule has 0 bridgehead atoms. The largest absolute Gasteiger partial charge is 0.454 e. The maximum absolute atomic E-state index is 12.2. The third kappa shape index (κ3) is 5.06. The van der Waals surface area contributed by atoms with Crippen molar-refractivity contribution in [1.29, 1.82) is 0 Å². The van der Waals surface area contributed by atoms with Gasteiger partial charge in [0.2, 0.25) is 0 Å². The number of Topliss-reactive ketones (excluding diaryl/α,β-unsaturated/α-hetero) is 1. The molecule has 9 heteroatoms. The lowest BCUT2D eigenvalue weighted by molar-refractivity contribution is 0.0475. The number of hydrogen-bond acceptors (Lipinski definition) is 6. The highest BCUT2D eigenvalue weighted by Crippen LogP contribution is 2.20. The van der Waals surface area contributed by atoms with E-state index >= 15 is 0 Å². The van der Waals surface area contributed by atoms with Crippen molar-refractivity contribution in [2.45, 2.75) is 4.21 Å². The number of benzene rings is 2. The van der Waals surface area contributed by atoms with E-state index in [1.165, 1.54) is 30.3 Å². The van der Waals surface area contributed by atoms with Gasteiger partial charge in [0, 0.05) is 15.7 Å². The summed E-state index contributed by atoms with van der Waals surface area (Å²) < 4.78 is 32.8. The highest BCUT2D eigenvalue weighted by atomic mass is 79.9. The van der Waals surface area contributed by atoms with Crippen molar-refractivity contribution in [3.8, 4) is 0 Å². The number of rotatable bonds is 7. The maximum atomic E-state index is 12.2. The fraction of sp³-hybridized carbons (Fsp3) is 0.0526. The van der Waals surface area contributed by atoms with Gasteiger partial charge < -0.3 is 4.74 Å². The summed E-state index contributed by atoms with van der Waals surface area (Å²) in [6.45, 7) is -0.387. The van der Waals surface area contributed by atoms with E-state index in [9.17, 15) is 18.0 Å². The Labute approximate surface area is 174 Å². The van der Waals surface area contributed by atoms with Gasteiger partial charge in [-0.15, -0.1) is 11.3 Å². The van der Waals surface area contributed by atoms with Crippen molar-refractivity contribution in [3.63, 3.8) is 0 Å². The molecule has 0 aliphatic carbocycles. The summed E-state index contributed by atoms with van der Waals surface area (Å²) in [7, 11) is -3.65. The van der Waals surface area contributed by atoms with Gasteiger partial charge in [-0.3, -0.25) is 9.52 Å². The quantitative estimate of drug-likeness (QED) is 0.401. The smallest absolute Gasteiger partial charge is 0.338 e. The number of ketones is 1. The Morgan fingerprint density at radius 3 is 2.39 bits per heavy atom. The zero-order valence-electron chi connectivity index (χ0n) is 14.3. The lowest BCUT2D eigenvalue weighted by Crippen LogP contribution is -2.14. The Hall–Kier alpha value is -2.49. The average molecular weight is 480 g/mol. The van der Waals surface area contributed by atoms with Crippen molar-refractivity contribution in [2.24, 2.45) is 0 Å². The zero-order valence-corrected chi connectivity index (χ0v) is 17.5. The number of ether oxygens (including phenoxy) is 1. The van der Waals surface area contributed by atoms with Crippen molar-refractivity contribution < 1.29 is 22.7 Å². The molecule has 0 aliphatic rings. The summed E-state index contributed by atoms with van der Waals surface area (Å²) in [6.07, 6.45) is 0. The normalized spacial score (nSPS) is 11.0. The molecule has 144 valence electrons. The molecule has 6 nitrogen and oxygen atoms in total. The molecule has 0 unspecified atom stereocenters. The highest BCUT2D eigenvalue weighted by Gasteiger charge is 2.16. The number of nitrogens with one attached hydrogen (secondary N) is 1. The number of sulfonamides is 1. The number of hydrogen-bond donors (Lipinski definition) is 1. The van der Waals surface area contributed by atoms with E-state index in [2.05, 4.69) is 20.7 Å². The van der Waals surface area contributed by atoms with E-state index in [1.807, 2.05) is 0 Å². The second kappa shape index (κ2) is 8.68. The molecule has 0 radical (unpaired) electrons. The molecule has 0 saturated carbocycles. The van der Waals surface area contributed by atoms with E-state index in [-0.39, 0.29) is 22.2 Å². The summed E-state index contributed by atoms with van der Waals surface area (Å²) in [4.78, 5) is 24.2. The molecule has 28 heavy (non-hydrogen) atoms. The molecular weight excluding hydrogens is 466 g/mol. The first-order chi connectivity index (χ1) is 13.3. The van der Waals surface area contributed by atoms with Crippen molar-refractivity contribution in [1.82, 2.24) is 0 Å². The molecule has 3 aromatic rings. The molecule has 0 aliphatic heterocycles. The summed E-state index contributed by atoms with van der Waals surface area (Å²) >= 11 is 4.39. The van der Waals surface area contributed by atoms with Crippen LogP contribution in [0.4, 0.5) is 5.69 Å². The van der Waals surface area contributed by atoms with Crippen LogP contribution < -0.4 is 4.72 Å². The van der Waals surface area contributed by atoms with Crippen LogP contribution in [0.15, 0.2) is 74.7 Å². The number of esters is 1. The van der Waals surface area contributed by atoms with Crippen LogP contribution in [0.5, 0.6) is 0 Å². The van der Waals surface area contributed by atoms with Gasteiger partial charge in [-0.25, -0.2) is 13.2 Å². The van der Waals surface area contributed by atoms with Gasteiger partial charge in [0.25, 0.3) is 10.0 Å². The maximum Gasteiger partial charge on any atom is 0.338 e. The molecular formula is C19H14BrNO5S2. The van der Waals surface area contributed by atoms with E-state index in [1.54, 1.807) is 35.7 Å². The number of halogens is 1. The van der Waals surface area contributed by atoms with Crippen LogP contribution in [0.3, 0.4) is 0 Å². The first-order valence-electron chi connectivity index (χ1n) is 7.97. The molecule has 2 aromatic carbocycles. The van der Waals surface area contributed by atoms with Crippen molar-refractivity contribution in [2.75, 3.05) is 11.3 Å². The second-order valence-electron chi connectivity index (χ2n) is 5.62. The van der Waals surface area contributed by atoms with Crippen molar-refractivity contribution >= 4 is 54.7 Å². The topological polar surface area (TPSA) is 89.5 Å². The molecule has 0 amide bonds. The molecule has 1 N–H and O–H groups in total. The standard InChI is InChI=1S/C19H14BrNO5S2/c20-15-4-1-3-14(11-15)17(22)12-26-19(23)13-6-8-16(9-7-13)21-28(24,25)18-5-2-10-27-18/h1-11,21H,12H2. The molecule has 1 aromatic heterocycles. The fourth-order valence-corrected chi connectivity index (χ4v) is 4.71. The third-order valence-corrected chi connectivity index (χ3v) is 6.89. The van der Waals surface area contributed by atoms with Gasteiger partial charge in [-0.05, 0) is 47.8 Å². The Morgan fingerprint density at radius 1 is 1.00 bits per heavy atom. The molecule has 0 spiro atoms. The Balaban J connectivity index is 1.60. The molecule has 0 atom stereocenters. The lowest BCUT2D eigenvalue weighted by atomic mass is 10.1. The predicted octanol–water partition coefficient (Wildman–Crippen LogP) is 4.35. The third-order valence-electron chi connectivity index (χ3n) is 3.61. The number of carbonyl (C=O) groups is 2. The van der Waals surface area contributed by atoms with Crippen molar-refractivity contribution in [3.05, 3.63) is 81.6 Å². The van der Waals surface area contributed by atoms with Crippen LogP contribution in [0.1, 0.15) is 20.7 Å². The monoisotopic (exact) mass is 479 g/mol. The van der Waals surface area contributed by atoms with E-state index in [4.69, 9.17) is 4.74 Å². The highest BCUT2D eigenvalue weighted by molar-refractivity contribution is 9.10. The van der Waals surface area contributed by atoms with Gasteiger partial charge in [0.05, 0.1) is 5.56 Å². The first-order valence-corrected chi connectivity index (χ1v) is 11.1. The fourth-order valence-electron chi connectivity index (χ4n) is 2.26. The van der Waals surface area contributed by atoms with Crippen LogP contribution in [0, 0.1) is 0 Å². The molecule has 1 heterocycles. The Kier molecular flexibility index (Phi) is 6.28. The molecule has 3 rings (SSSR count). The lowest BCUT2D eigenvalue weighted by Gasteiger charge is -2.08. The van der Waals surface area contributed by atoms with Gasteiger partial charge >= 0.3 is 5.97 Å². The summed E-state index contributed by atoms with van der Waals surface area (Å²) in [5.74, 6) is -0.994. The SMILES string of the molecule is O=C(COC(=O)c1ccc(NS(=O)(=O)c2cccs2)cc1)c1cccc(Br)c1. The average Bonchev–Trinajstić information content (AvgIpc) is 3.22. The van der Waals surface area contributed by atoms with Crippen LogP contribution in [0.25, 0.3) is 0 Å². The number of carbonyl (C=O) groups excluding carboxylic acids is 2. The summed E-state index contributed by atoms with van der Waals surface area (Å²) in [5, 5.41) is 1.67. The van der Waals surface area contributed by atoms with Crippen LogP contribution in [-0.2, 0) is 14.8 Å². The zero-order chi connectivity index (χ0) is 20.1. The Bertz CT molecular complexity index is 1090. The van der Waals surface area contributed by atoms with Gasteiger partial charge in [-0.2, -0.15) is 0 Å². The minimum Gasteiger partial charge on any atom is -0.454 e. The van der Waals surface area contributed by atoms with Gasteiger partial charge in [0.1, 0.15) is 4.21 Å². The number of thiophene rings is 1. The van der Waals surface area contributed by atoms with Gasteiger partial charge in [-0.1, -0.05) is 34.1 Å². The minimum absolute atomic E-state index is 0.196. The second-order valence-corrected chi connectivity index (χ2v) is 9.40. The molecule has 0 fully saturated rings. The molecule has 0 saturated heterocycles. The van der Waals surface area contributed by atoms with Crippen LogP contribution >= 0.6 is 27.3 Å². The van der Waals surface area contributed by atoms with E-state index in [0.717, 1.165) is 15.8 Å². The van der Waals surface area contributed by atoms with Gasteiger partial charge in [0.15, 0.2) is 12.4 Å². The minimum atomic E-state index is -3.65.